The zero-order valence-electron chi connectivity index (χ0n) is 15.8. The molecule has 0 spiro atoms. The predicted octanol–water partition coefficient (Wildman–Crippen LogP) is 2.77. The van der Waals surface area contributed by atoms with Crippen LogP contribution in [-0.4, -0.2) is 35.6 Å². The van der Waals surface area contributed by atoms with Crippen LogP contribution in [0.15, 0.2) is 41.3 Å². The Morgan fingerprint density at radius 2 is 1.90 bits per heavy atom. The highest BCUT2D eigenvalue weighted by molar-refractivity contribution is 7.94. The molecule has 2 aromatic carbocycles. The number of ether oxygens (including phenoxy) is 1. The van der Waals surface area contributed by atoms with Gasteiger partial charge >= 0.3 is 0 Å². The predicted molar refractivity (Wildman–Crippen MR) is 110 cm³/mol. The Morgan fingerprint density at radius 3 is 2.45 bits per heavy atom. The fourth-order valence-electron chi connectivity index (χ4n) is 2.96. The van der Waals surface area contributed by atoms with Gasteiger partial charge in [0, 0.05) is 5.02 Å². The van der Waals surface area contributed by atoms with Gasteiger partial charge < -0.3 is 4.74 Å². The number of amides is 1. The van der Waals surface area contributed by atoms with Crippen molar-refractivity contribution in [3.05, 3.63) is 47.0 Å². The van der Waals surface area contributed by atoms with Gasteiger partial charge in [-0.1, -0.05) is 24.6 Å². The Bertz CT molecular complexity index is 1190. The minimum atomic E-state index is -4.17. The zero-order valence-corrected chi connectivity index (χ0v) is 18.2. The van der Waals surface area contributed by atoms with Gasteiger partial charge in [0.05, 0.1) is 30.2 Å². The van der Waals surface area contributed by atoms with Crippen molar-refractivity contribution >= 4 is 48.9 Å². The molecule has 11 heteroatoms. The van der Waals surface area contributed by atoms with Gasteiger partial charge in [0.2, 0.25) is 15.9 Å². The fourth-order valence-corrected chi connectivity index (χ4v) is 6.19. The summed E-state index contributed by atoms with van der Waals surface area (Å²) in [7, 11) is -6.76. The number of hydrogen-bond donors (Lipinski definition) is 1. The Kier molecular flexibility index (Phi) is 5.54. The molecule has 1 aliphatic heterocycles. The third-order valence-electron chi connectivity index (χ3n) is 4.46. The van der Waals surface area contributed by atoms with Crippen LogP contribution < -0.4 is 13.8 Å². The van der Waals surface area contributed by atoms with E-state index in [9.17, 15) is 21.6 Å². The van der Waals surface area contributed by atoms with Crippen LogP contribution in [0.25, 0.3) is 0 Å². The normalized spacial score (nSPS) is 18.7. The van der Waals surface area contributed by atoms with Gasteiger partial charge in [0.25, 0.3) is 10.0 Å². The highest BCUT2D eigenvalue weighted by atomic mass is 35.5. The number of aryl methyl sites for hydroxylation is 1. The minimum Gasteiger partial charge on any atom is -0.495 e. The maximum absolute atomic E-state index is 13.0. The van der Waals surface area contributed by atoms with E-state index in [-0.39, 0.29) is 27.8 Å². The molecule has 1 amide bonds. The number of halogens is 1. The molecule has 8 nitrogen and oxygen atoms in total. The first-order chi connectivity index (χ1) is 13.5. The quantitative estimate of drug-likeness (QED) is 0.737. The van der Waals surface area contributed by atoms with Crippen molar-refractivity contribution in [1.29, 1.82) is 0 Å². The van der Waals surface area contributed by atoms with Crippen molar-refractivity contribution in [2.75, 3.05) is 21.9 Å². The summed E-state index contributed by atoms with van der Waals surface area (Å²) in [5.41, 5.74) is 0.940. The van der Waals surface area contributed by atoms with Crippen LogP contribution in [-0.2, 0) is 24.8 Å². The van der Waals surface area contributed by atoms with Crippen LogP contribution in [0.1, 0.15) is 12.5 Å². The number of anilines is 2. The Hall–Kier alpha value is -2.30. The molecule has 0 aromatic heterocycles. The Labute approximate surface area is 174 Å². The lowest BCUT2D eigenvalue weighted by atomic mass is 10.2. The average molecular weight is 459 g/mol. The molecule has 1 unspecified atom stereocenters. The van der Waals surface area contributed by atoms with Crippen molar-refractivity contribution in [1.82, 2.24) is 0 Å². The lowest BCUT2D eigenvalue weighted by molar-refractivity contribution is -0.119. The number of carbonyl (C=O) groups is 1. The van der Waals surface area contributed by atoms with Gasteiger partial charge in [-0.3, -0.25) is 9.52 Å². The molecule has 29 heavy (non-hydrogen) atoms. The second-order valence-corrected chi connectivity index (χ2v) is 10.6. The van der Waals surface area contributed by atoms with E-state index in [4.69, 9.17) is 16.3 Å². The fraction of sp³-hybridized carbons (Fsp3) is 0.278. The maximum atomic E-state index is 13.0. The van der Waals surface area contributed by atoms with E-state index in [1.807, 2.05) is 0 Å². The first kappa shape index (κ1) is 21.4. The van der Waals surface area contributed by atoms with Crippen molar-refractivity contribution < 1.29 is 26.4 Å². The van der Waals surface area contributed by atoms with Crippen molar-refractivity contribution in [2.45, 2.75) is 18.7 Å². The molecule has 0 radical (unpaired) electrons. The van der Waals surface area contributed by atoms with Gasteiger partial charge in [-0.2, -0.15) is 0 Å². The summed E-state index contributed by atoms with van der Waals surface area (Å²) < 4.78 is 58.8. The number of nitrogens with zero attached hydrogens (tertiary/aromatic N) is 1. The lowest BCUT2D eigenvalue weighted by Crippen LogP contribution is -2.30. The average Bonchev–Trinajstić information content (AvgIpc) is 2.84. The van der Waals surface area contributed by atoms with Crippen molar-refractivity contribution in [2.24, 2.45) is 5.92 Å². The van der Waals surface area contributed by atoms with E-state index in [0.717, 1.165) is 11.6 Å². The Balaban J connectivity index is 2.07. The molecule has 0 bridgehead atoms. The molecule has 0 saturated carbocycles. The van der Waals surface area contributed by atoms with Crippen LogP contribution in [0.2, 0.25) is 5.02 Å². The molecule has 1 atom stereocenters. The van der Waals surface area contributed by atoms with Gasteiger partial charge in [0.1, 0.15) is 10.6 Å². The summed E-state index contributed by atoms with van der Waals surface area (Å²) in [5.74, 6) is -1.66. The molecule has 156 valence electrons. The second-order valence-electron chi connectivity index (χ2n) is 6.69. The molecule has 1 heterocycles. The molecule has 1 N–H and O–H groups in total. The summed E-state index contributed by atoms with van der Waals surface area (Å²) in [6, 6.07) is 8.40. The summed E-state index contributed by atoms with van der Waals surface area (Å²) in [6.45, 7) is 3.28. The summed E-state index contributed by atoms with van der Waals surface area (Å²) in [5, 5.41) is 0.383. The molecular weight excluding hydrogens is 440 g/mol. The van der Waals surface area contributed by atoms with Gasteiger partial charge in [-0.15, -0.1) is 0 Å². The highest BCUT2D eigenvalue weighted by Gasteiger charge is 2.42. The molecule has 3 rings (SSSR count). The highest BCUT2D eigenvalue weighted by Crippen LogP contribution is 2.35. The number of rotatable bonds is 5. The smallest absolute Gasteiger partial charge is 0.265 e. The maximum Gasteiger partial charge on any atom is 0.265 e. The van der Waals surface area contributed by atoms with Crippen LogP contribution in [0.4, 0.5) is 11.4 Å². The second kappa shape index (κ2) is 7.51. The van der Waals surface area contributed by atoms with Gasteiger partial charge in [-0.25, -0.2) is 21.1 Å². The number of methoxy groups -OCH3 is 1. The van der Waals surface area contributed by atoms with E-state index >= 15 is 0 Å². The summed E-state index contributed by atoms with van der Waals surface area (Å²) >= 11 is 6.05. The van der Waals surface area contributed by atoms with Crippen molar-refractivity contribution in [3.8, 4) is 5.75 Å². The first-order valence-electron chi connectivity index (χ1n) is 8.50. The first-order valence-corrected chi connectivity index (χ1v) is 12.0. The Morgan fingerprint density at radius 1 is 1.21 bits per heavy atom. The topological polar surface area (TPSA) is 110 Å². The monoisotopic (exact) mass is 458 g/mol. The van der Waals surface area contributed by atoms with Gasteiger partial charge in [0.15, 0.2) is 0 Å². The van der Waals surface area contributed by atoms with Crippen LogP contribution in [0.5, 0.6) is 5.75 Å². The lowest BCUT2D eigenvalue weighted by Gasteiger charge is -2.18. The number of hydrogen-bond acceptors (Lipinski definition) is 6. The molecule has 2 aromatic rings. The van der Waals surface area contributed by atoms with E-state index in [1.165, 1.54) is 32.2 Å². The van der Waals surface area contributed by atoms with Crippen LogP contribution in [0, 0.1) is 12.8 Å². The van der Waals surface area contributed by atoms with Crippen LogP contribution >= 0.6 is 11.6 Å². The van der Waals surface area contributed by atoms with Gasteiger partial charge in [-0.05, 0) is 42.8 Å². The van der Waals surface area contributed by atoms with E-state index in [2.05, 4.69) is 4.72 Å². The molecular formula is C18H19ClN2O6S2. The minimum absolute atomic E-state index is 0.00319. The van der Waals surface area contributed by atoms with E-state index < -0.39 is 31.9 Å². The van der Waals surface area contributed by atoms with Crippen LogP contribution in [0.3, 0.4) is 0 Å². The zero-order chi connectivity index (χ0) is 21.6. The largest absolute Gasteiger partial charge is 0.495 e. The van der Waals surface area contributed by atoms with E-state index in [0.29, 0.717) is 9.33 Å². The number of sulfonamides is 2. The third-order valence-corrected chi connectivity index (χ3v) is 8.13. The van der Waals surface area contributed by atoms with Crippen molar-refractivity contribution in [3.63, 3.8) is 0 Å². The third kappa shape index (κ3) is 4.05. The summed E-state index contributed by atoms with van der Waals surface area (Å²) in [4.78, 5) is 12.0. The number of carbonyl (C=O) groups excluding carboxylic acids is 1. The van der Waals surface area contributed by atoms with E-state index in [1.54, 1.807) is 19.1 Å². The molecule has 1 aliphatic rings. The summed E-state index contributed by atoms with van der Waals surface area (Å²) in [6.07, 6.45) is 0. The SMILES string of the molecule is COc1ccc(N2C(=O)C(C)CS2(=O)=O)cc1S(=O)(=O)Nc1ccc(C)c(Cl)c1. The standard InChI is InChI=1S/C18H19ClN2O6S2/c1-11-4-5-13(8-15(11)19)20-29(25,26)17-9-14(6-7-16(17)27-3)21-18(22)12(2)10-28(21,23)24/h4-9,12,20H,10H2,1-3H3. The molecule has 1 saturated heterocycles. The number of nitrogens with one attached hydrogen (secondary N) is 1. The molecule has 1 fully saturated rings. The molecule has 0 aliphatic carbocycles. The number of benzene rings is 2.